The number of piperidine rings is 1. The van der Waals surface area contributed by atoms with Gasteiger partial charge >= 0.3 is 0 Å². The molecule has 2 aliphatic rings. The second kappa shape index (κ2) is 4.31. The summed E-state index contributed by atoms with van der Waals surface area (Å²) in [4.78, 5) is 15.4. The zero-order chi connectivity index (χ0) is 12.6. The minimum atomic E-state index is 0.185. The van der Waals surface area contributed by atoms with E-state index in [1.807, 2.05) is 4.90 Å². The van der Waals surface area contributed by atoms with Gasteiger partial charge in [0.25, 0.3) is 0 Å². The highest BCUT2D eigenvalue weighted by Gasteiger charge is 2.43. The molecule has 1 spiro atoms. The molecule has 0 radical (unpaired) electrons. The summed E-state index contributed by atoms with van der Waals surface area (Å²) < 4.78 is 0. The molecule has 0 bridgehead atoms. The molecule has 0 saturated carbocycles. The van der Waals surface area contributed by atoms with Crippen LogP contribution < -0.4 is 5.32 Å². The van der Waals surface area contributed by atoms with Gasteiger partial charge in [-0.3, -0.25) is 4.79 Å². The van der Waals surface area contributed by atoms with Crippen molar-refractivity contribution in [2.24, 2.45) is 12.5 Å². The molecule has 7 nitrogen and oxygen atoms in total. The van der Waals surface area contributed by atoms with Gasteiger partial charge in [0, 0.05) is 13.0 Å². The third kappa shape index (κ3) is 2.10. The molecule has 0 aromatic carbocycles. The SMILES string of the molecule is Cn1nnc(CN2CC3(CCNCC3)CC2=O)n1. The predicted molar refractivity (Wildman–Crippen MR) is 63.4 cm³/mol. The lowest BCUT2D eigenvalue weighted by molar-refractivity contribution is -0.128. The van der Waals surface area contributed by atoms with Crippen molar-refractivity contribution >= 4 is 5.91 Å². The highest BCUT2D eigenvalue weighted by Crippen LogP contribution is 2.39. The number of nitrogens with one attached hydrogen (secondary N) is 1. The minimum Gasteiger partial charge on any atom is -0.334 e. The number of likely N-dealkylation sites (tertiary alicyclic amines) is 1. The number of carbonyl (C=O) groups is 1. The summed E-state index contributed by atoms with van der Waals surface area (Å²) in [5.74, 6) is 0.848. The Morgan fingerprint density at radius 3 is 2.83 bits per heavy atom. The van der Waals surface area contributed by atoms with Crippen molar-refractivity contribution < 1.29 is 4.79 Å². The highest BCUT2D eigenvalue weighted by atomic mass is 16.2. The number of rotatable bonds is 2. The standard InChI is InChI=1S/C11H18N6O/c1-16-14-9(13-15-16)7-17-8-11(6-10(17)18)2-4-12-5-3-11/h12H,2-8H2,1H3. The topological polar surface area (TPSA) is 75.9 Å². The molecule has 7 heteroatoms. The minimum absolute atomic E-state index is 0.185. The number of aromatic nitrogens is 4. The number of amides is 1. The lowest BCUT2D eigenvalue weighted by atomic mass is 9.78. The van der Waals surface area contributed by atoms with Crippen LogP contribution in [-0.2, 0) is 18.4 Å². The van der Waals surface area contributed by atoms with E-state index in [-0.39, 0.29) is 11.3 Å². The summed E-state index contributed by atoms with van der Waals surface area (Å²) in [6, 6.07) is 0. The van der Waals surface area contributed by atoms with Crippen molar-refractivity contribution in [1.82, 2.24) is 30.4 Å². The Labute approximate surface area is 106 Å². The lowest BCUT2D eigenvalue weighted by Gasteiger charge is -2.32. The Kier molecular flexibility index (Phi) is 2.77. The fourth-order valence-corrected chi connectivity index (χ4v) is 2.97. The van der Waals surface area contributed by atoms with Gasteiger partial charge in [-0.15, -0.1) is 10.2 Å². The summed E-state index contributed by atoms with van der Waals surface area (Å²) in [7, 11) is 1.73. The molecule has 98 valence electrons. The summed E-state index contributed by atoms with van der Waals surface area (Å²) in [6.45, 7) is 3.36. The second-order valence-electron chi connectivity index (χ2n) is 5.37. The average Bonchev–Trinajstić information content (AvgIpc) is 2.86. The molecule has 18 heavy (non-hydrogen) atoms. The van der Waals surface area contributed by atoms with Gasteiger partial charge in [-0.25, -0.2) is 0 Å². The van der Waals surface area contributed by atoms with E-state index in [0.29, 0.717) is 18.8 Å². The average molecular weight is 250 g/mol. The number of hydrogen-bond acceptors (Lipinski definition) is 5. The Bertz CT molecular complexity index is 450. The Balaban J connectivity index is 1.68. The molecule has 2 fully saturated rings. The fraction of sp³-hybridized carbons (Fsp3) is 0.818. The summed E-state index contributed by atoms with van der Waals surface area (Å²) in [5.41, 5.74) is 0.185. The van der Waals surface area contributed by atoms with Crippen molar-refractivity contribution in [3.63, 3.8) is 0 Å². The van der Waals surface area contributed by atoms with Crippen LogP contribution in [0.3, 0.4) is 0 Å². The molecule has 0 atom stereocenters. The largest absolute Gasteiger partial charge is 0.334 e. The third-order valence-corrected chi connectivity index (χ3v) is 3.95. The van der Waals surface area contributed by atoms with E-state index in [9.17, 15) is 4.79 Å². The number of hydrogen-bond donors (Lipinski definition) is 1. The van der Waals surface area contributed by atoms with E-state index >= 15 is 0 Å². The van der Waals surface area contributed by atoms with Gasteiger partial charge in [-0.1, -0.05) is 0 Å². The van der Waals surface area contributed by atoms with E-state index < -0.39 is 0 Å². The van der Waals surface area contributed by atoms with Crippen LogP contribution in [0.1, 0.15) is 25.1 Å². The molecular formula is C11H18N6O. The maximum Gasteiger partial charge on any atom is 0.223 e. The van der Waals surface area contributed by atoms with Gasteiger partial charge in [0.1, 0.15) is 0 Å². The molecule has 3 heterocycles. The quantitative estimate of drug-likeness (QED) is 0.752. The number of aryl methyl sites for hydroxylation is 1. The molecule has 0 aliphatic carbocycles. The smallest absolute Gasteiger partial charge is 0.223 e. The first-order valence-electron chi connectivity index (χ1n) is 6.38. The number of nitrogens with zero attached hydrogens (tertiary/aromatic N) is 5. The van der Waals surface area contributed by atoms with Gasteiger partial charge in [-0.05, 0) is 36.6 Å². The molecular weight excluding hydrogens is 232 g/mol. The van der Waals surface area contributed by atoms with Crippen LogP contribution >= 0.6 is 0 Å². The molecule has 3 rings (SSSR count). The molecule has 2 saturated heterocycles. The lowest BCUT2D eigenvalue weighted by Crippen LogP contribution is -2.38. The van der Waals surface area contributed by atoms with Crippen molar-refractivity contribution in [2.45, 2.75) is 25.8 Å². The van der Waals surface area contributed by atoms with Gasteiger partial charge in [0.15, 0.2) is 5.82 Å². The van der Waals surface area contributed by atoms with E-state index in [1.165, 1.54) is 4.80 Å². The zero-order valence-corrected chi connectivity index (χ0v) is 10.6. The Morgan fingerprint density at radius 1 is 1.39 bits per heavy atom. The van der Waals surface area contributed by atoms with Crippen molar-refractivity contribution in [1.29, 1.82) is 0 Å². The van der Waals surface area contributed by atoms with Gasteiger partial charge in [-0.2, -0.15) is 4.80 Å². The first-order chi connectivity index (χ1) is 8.67. The summed E-state index contributed by atoms with van der Waals surface area (Å²) in [6.07, 6.45) is 2.85. The van der Waals surface area contributed by atoms with Crippen LogP contribution in [0.5, 0.6) is 0 Å². The second-order valence-corrected chi connectivity index (χ2v) is 5.37. The van der Waals surface area contributed by atoms with Gasteiger partial charge in [0.05, 0.1) is 13.6 Å². The molecule has 1 aromatic rings. The summed E-state index contributed by atoms with van der Waals surface area (Å²) >= 11 is 0. The molecule has 1 amide bonds. The maximum atomic E-state index is 12.1. The first-order valence-corrected chi connectivity index (χ1v) is 6.38. The van der Waals surface area contributed by atoms with Crippen LogP contribution in [0.4, 0.5) is 0 Å². The number of carbonyl (C=O) groups excluding carboxylic acids is 1. The van der Waals surface area contributed by atoms with Crippen LogP contribution in [0, 0.1) is 5.41 Å². The summed E-state index contributed by atoms with van der Waals surface area (Å²) in [5, 5.41) is 15.2. The van der Waals surface area contributed by atoms with E-state index in [0.717, 1.165) is 32.5 Å². The highest BCUT2D eigenvalue weighted by molar-refractivity contribution is 5.79. The number of tetrazole rings is 1. The molecule has 0 unspecified atom stereocenters. The first kappa shape index (κ1) is 11.6. The predicted octanol–water partition coefficient (Wildman–Crippen LogP) is -0.688. The van der Waals surface area contributed by atoms with Gasteiger partial charge < -0.3 is 10.2 Å². The van der Waals surface area contributed by atoms with Crippen LogP contribution in [0.2, 0.25) is 0 Å². The monoisotopic (exact) mass is 250 g/mol. The Hall–Kier alpha value is -1.50. The molecule has 1 N–H and O–H groups in total. The maximum absolute atomic E-state index is 12.1. The van der Waals surface area contributed by atoms with E-state index in [2.05, 4.69) is 20.7 Å². The third-order valence-electron chi connectivity index (χ3n) is 3.95. The van der Waals surface area contributed by atoms with Crippen molar-refractivity contribution in [3.8, 4) is 0 Å². The van der Waals surface area contributed by atoms with Crippen molar-refractivity contribution in [2.75, 3.05) is 19.6 Å². The Morgan fingerprint density at radius 2 is 2.17 bits per heavy atom. The van der Waals surface area contributed by atoms with Crippen LogP contribution in [-0.4, -0.2) is 50.6 Å². The van der Waals surface area contributed by atoms with E-state index in [1.54, 1.807) is 7.05 Å². The van der Waals surface area contributed by atoms with Crippen LogP contribution in [0.15, 0.2) is 0 Å². The zero-order valence-electron chi connectivity index (χ0n) is 10.6. The van der Waals surface area contributed by atoms with Gasteiger partial charge in [0.2, 0.25) is 5.91 Å². The fourth-order valence-electron chi connectivity index (χ4n) is 2.97. The van der Waals surface area contributed by atoms with E-state index in [4.69, 9.17) is 0 Å². The van der Waals surface area contributed by atoms with Crippen molar-refractivity contribution in [3.05, 3.63) is 5.82 Å². The normalized spacial score (nSPS) is 22.9. The molecule has 2 aliphatic heterocycles. The van der Waals surface area contributed by atoms with Crippen LogP contribution in [0.25, 0.3) is 0 Å². The molecule has 1 aromatic heterocycles.